The van der Waals surface area contributed by atoms with Crippen molar-refractivity contribution in [2.24, 2.45) is 0 Å². The molecule has 0 aliphatic rings. The smallest absolute Gasteiger partial charge is 0.338 e. The zero-order valence-electron chi connectivity index (χ0n) is 65.6. The number of hydrogen-bond acceptors (Lipinski definition) is 17. The summed E-state index contributed by atoms with van der Waals surface area (Å²) in [6, 6.07) is 67.2. The first-order chi connectivity index (χ1) is 60.0. The van der Waals surface area contributed by atoms with Crippen LogP contribution in [0.15, 0.2) is 284 Å². The Morgan fingerprint density at radius 2 is 0.675 bits per heavy atom. The van der Waals surface area contributed by atoms with E-state index in [1.807, 2.05) is 91.0 Å². The molecular weight excluding hydrogens is 1810 g/mol. The van der Waals surface area contributed by atoms with Gasteiger partial charge in [-0.15, -0.1) is 0 Å². The number of amides is 2. The molecule has 0 atom stereocenters. The highest BCUT2D eigenvalue weighted by molar-refractivity contribution is 9.10. The predicted molar refractivity (Wildman–Crippen MR) is 480 cm³/mol. The number of rotatable bonds is 20. The Morgan fingerprint density at radius 3 is 1.01 bits per heavy atom. The maximum Gasteiger partial charge on any atom is 0.338 e. The Kier molecular flexibility index (Phi) is 40.2. The average Bonchev–Trinajstić information content (AvgIpc) is 0.819. The number of carbonyl (C=O) groups excluding carboxylic acids is 6. The van der Waals surface area contributed by atoms with Gasteiger partial charge in [-0.25, -0.2) is 46.3 Å². The molecule has 7 N–H and O–H groups in total. The molecular formula is C92H67BrCl5F4N5O19. The monoisotopic (exact) mass is 1880 g/mol. The molecule has 644 valence electrons. The van der Waals surface area contributed by atoms with Gasteiger partial charge < -0.3 is 45.9 Å². The van der Waals surface area contributed by atoms with Gasteiger partial charge in [-0.1, -0.05) is 207 Å². The van der Waals surface area contributed by atoms with Crippen molar-refractivity contribution >= 4 is 181 Å². The first kappa shape index (κ1) is 100. The molecule has 0 saturated heterocycles. The summed E-state index contributed by atoms with van der Waals surface area (Å²) in [7, 11) is 3.85. The zero-order valence-corrected chi connectivity index (χ0v) is 70.9. The number of hydrogen-bond donors (Lipinski definition) is 6. The lowest BCUT2D eigenvalue weighted by molar-refractivity contribution is -0.384. The first-order valence-electron chi connectivity index (χ1n) is 35.8. The van der Waals surface area contributed by atoms with E-state index in [0.29, 0.717) is 55.0 Å². The molecule has 0 fully saturated rings. The standard InChI is InChI=1S/C23H17ClFNO3.C22H15ClFNO3.C13H9FO2.C10H8ClNO4.C10H10ClNO2.C7H4BrFO2.C7H4ClNO3/c1-29-22(27)12-8-15-7-10-19(24)21(13-15)26-23(28)18-14-17(9-11-20(18)25)16-5-3-2-4-6-16;23-18-9-6-14(7-11-21(26)27)12-20(18)25-22(28)17-13-16(8-10-19(17)24)15-4-2-1-3-5-15;14-12-7-6-10(8-11(12)13(15)16)9-4-2-1-3-5-9;1-16-10(13)5-3-7-2-4-8(11)9(6-7)12(14)15;1-14-10(13)5-3-7-2-4-8(11)9(12)6-7;8-4-1-2-6(9)5(3-4)7(10)11;8-6-2-1-5(4-10)3-7(6)9(11)12/h2-14H,1H3,(H,26,28);1-13H,(H,25,28)(H,26,27);1-8H,(H,15,16);2-6H,1H3;2-6H,12H2,1H3;1-3H,(H,10,11);1-4H/b12-8+;11-7+;;2*5-3+;;. The Morgan fingerprint density at radius 1 is 0.373 bits per heavy atom. The molecule has 12 aromatic carbocycles. The second kappa shape index (κ2) is 50.6. The van der Waals surface area contributed by atoms with Crippen LogP contribution in [-0.2, 0) is 33.4 Å². The van der Waals surface area contributed by atoms with Crippen LogP contribution in [0, 0.1) is 43.5 Å². The molecule has 24 nitrogen and oxygen atoms in total. The van der Waals surface area contributed by atoms with E-state index >= 15 is 0 Å². The van der Waals surface area contributed by atoms with Gasteiger partial charge in [-0.2, -0.15) is 0 Å². The Labute approximate surface area is 749 Å². The predicted octanol–water partition coefficient (Wildman–Crippen LogP) is 23.2. The number of nitrogens with one attached hydrogen (secondary N) is 2. The third kappa shape index (κ3) is 32.6. The number of carboxylic acids is 3. The van der Waals surface area contributed by atoms with Crippen LogP contribution in [-0.4, -0.2) is 100 Å². The largest absolute Gasteiger partial charge is 0.478 e. The summed E-state index contributed by atoms with van der Waals surface area (Å²) < 4.78 is 68.3. The molecule has 0 spiro atoms. The van der Waals surface area contributed by atoms with Gasteiger partial charge in [0, 0.05) is 46.5 Å². The van der Waals surface area contributed by atoms with Crippen LogP contribution >= 0.6 is 73.9 Å². The summed E-state index contributed by atoms with van der Waals surface area (Å²) in [4.78, 5) is 120. The molecule has 12 aromatic rings. The second-order valence-corrected chi connectivity index (χ2v) is 27.8. The molecule has 0 aliphatic heterocycles. The quantitative estimate of drug-likeness (QED) is 0.00603. The Hall–Kier alpha value is -14.7. The summed E-state index contributed by atoms with van der Waals surface area (Å²) >= 11 is 32.1. The van der Waals surface area contributed by atoms with Gasteiger partial charge in [0.1, 0.15) is 39.6 Å². The molecule has 0 heterocycles. The number of benzene rings is 12. The number of nitro benzene ring substituents is 2. The minimum Gasteiger partial charge on any atom is -0.478 e. The summed E-state index contributed by atoms with van der Waals surface area (Å²) in [5.74, 6) is -9.07. The van der Waals surface area contributed by atoms with Crippen molar-refractivity contribution < 1.29 is 100 Å². The number of nitro groups is 2. The SMILES string of the molecule is COC(=O)/C=C/c1ccc(Cl)c(N)c1.COC(=O)/C=C/c1ccc(Cl)c(NC(=O)c2cc(-c3ccccc3)ccc2F)c1.COC(=O)/C=C/c1ccc(Cl)c([N+](=O)[O-])c1.O=C(O)/C=C/c1ccc(Cl)c(NC(=O)c2cc(-c3ccccc3)ccc2F)c1.O=C(O)c1cc(-c2ccccc2)ccc1F.O=C(O)c1cc(Br)ccc1F.O=Cc1ccc(Cl)c([N+](=O)[O-])c1. The van der Waals surface area contributed by atoms with E-state index in [2.05, 4.69) is 40.8 Å². The van der Waals surface area contributed by atoms with Crippen molar-refractivity contribution in [3.05, 3.63) is 402 Å². The Bertz CT molecular complexity index is 6120. The number of aliphatic carboxylic acids is 1. The number of carbonyl (C=O) groups is 9. The lowest BCUT2D eigenvalue weighted by atomic mass is 10.0. The highest BCUT2D eigenvalue weighted by Crippen LogP contribution is 2.32. The van der Waals surface area contributed by atoms with E-state index in [-0.39, 0.29) is 65.0 Å². The fourth-order valence-electron chi connectivity index (χ4n) is 10.1. The van der Waals surface area contributed by atoms with Gasteiger partial charge in [0.2, 0.25) is 0 Å². The van der Waals surface area contributed by atoms with Crippen LogP contribution in [0.5, 0.6) is 0 Å². The molecule has 0 unspecified atom stereocenters. The van der Waals surface area contributed by atoms with E-state index in [1.54, 1.807) is 72.8 Å². The molecule has 0 saturated carbocycles. The van der Waals surface area contributed by atoms with Gasteiger partial charge in [-0.3, -0.25) is 34.6 Å². The Balaban J connectivity index is 0.000000234. The minimum atomic E-state index is -1.26. The highest BCUT2D eigenvalue weighted by Gasteiger charge is 2.20. The average molecular weight is 1880 g/mol. The molecule has 34 heteroatoms. The second-order valence-electron chi connectivity index (χ2n) is 24.9. The number of methoxy groups -OCH3 is 3. The van der Waals surface area contributed by atoms with E-state index < -0.39 is 80.7 Å². The first-order valence-corrected chi connectivity index (χ1v) is 38.5. The number of carboxylic acid groups (broad SMARTS) is 3. The summed E-state index contributed by atoms with van der Waals surface area (Å²) in [5.41, 5.74) is 12.7. The lowest BCUT2D eigenvalue weighted by Gasteiger charge is -2.10. The third-order valence-corrected chi connectivity index (χ3v) is 18.5. The van der Waals surface area contributed by atoms with Crippen molar-refractivity contribution in [1.29, 1.82) is 0 Å². The number of ether oxygens (including phenoxy) is 3. The fraction of sp³-hybridized carbons (Fsp3) is 0.0326. The van der Waals surface area contributed by atoms with Crippen LogP contribution in [0.4, 0.5) is 46.0 Å². The number of nitrogen functional groups attached to an aromatic ring is 1. The summed E-state index contributed by atoms with van der Waals surface area (Å²) in [6.45, 7) is 0. The van der Waals surface area contributed by atoms with Crippen molar-refractivity contribution in [3.8, 4) is 33.4 Å². The maximum atomic E-state index is 14.3. The van der Waals surface area contributed by atoms with E-state index in [4.69, 9.17) is 79.1 Å². The van der Waals surface area contributed by atoms with Crippen LogP contribution in [0.1, 0.15) is 74.0 Å². The number of aromatic carboxylic acids is 2. The van der Waals surface area contributed by atoms with Gasteiger partial charge in [0.15, 0.2) is 0 Å². The molecule has 12 rings (SSSR count). The van der Waals surface area contributed by atoms with Gasteiger partial charge in [0.25, 0.3) is 23.2 Å². The van der Waals surface area contributed by atoms with Crippen molar-refractivity contribution in [3.63, 3.8) is 0 Å². The number of aldehydes is 1. The van der Waals surface area contributed by atoms with E-state index in [1.165, 1.54) is 143 Å². The molecule has 0 bridgehead atoms. The van der Waals surface area contributed by atoms with Crippen LogP contribution < -0.4 is 16.4 Å². The van der Waals surface area contributed by atoms with Crippen molar-refractivity contribution in [2.75, 3.05) is 37.7 Å². The van der Waals surface area contributed by atoms with Gasteiger partial charge in [-0.05, 0) is 189 Å². The molecule has 0 aromatic heterocycles. The topological polar surface area (TPSA) is 378 Å². The fourth-order valence-corrected chi connectivity index (χ4v) is 11.3. The third-order valence-electron chi connectivity index (χ3n) is 16.3. The van der Waals surface area contributed by atoms with E-state index in [9.17, 15) is 80.9 Å². The van der Waals surface area contributed by atoms with Crippen molar-refractivity contribution in [1.82, 2.24) is 0 Å². The van der Waals surface area contributed by atoms with Crippen molar-refractivity contribution in [2.45, 2.75) is 0 Å². The number of nitrogens with two attached hydrogens (primary N) is 1. The minimum absolute atomic E-state index is 0.0330. The van der Waals surface area contributed by atoms with Crippen LogP contribution in [0.2, 0.25) is 25.1 Å². The number of esters is 3. The molecule has 0 aliphatic carbocycles. The number of nitrogens with zero attached hydrogens (tertiary/aromatic N) is 2. The zero-order chi connectivity index (χ0) is 92.7. The highest BCUT2D eigenvalue weighted by atomic mass is 79.9. The molecule has 0 radical (unpaired) electrons. The summed E-state index contributed by atoms with van der Waals surface area (Å²) in [6.07, 6.45) is 11.2. The molecule has 126 heavy (non-hydrogen) atoms. The number of anilines is 3. The van der Waals surface area contributed by atoms with Gasteiger partial charge >= 0.3 is 35.8 Å². The van der Waals surface area contributed by atoms with Crippen LogP contribution in [0.3, 0.4) is 0 Å². The number of halogens is 10. The normalized spacial score (nSPS) is 10.4. The summed E-state index contributed by atoms with van der Waals surface area (Å²) in [5, 5.41) is 53.1. The van der Waals surface area contributed by atoms with E-state index in [0.717, 1.165) is 46.0 Å². The molecule has 2 amide bonds. The lowest BCUT2D eigenvalue weighted by Crippen LogP contribution is -2.14. The maximum absolute atomic E-state index is 14.3. The van der Waals surface area contributed by atoms with Gasteiger partial charge in [0.05, 0.1) is 85.6 Å². The van der Waals surface area contributed by atoms with Crippen LogP contribution in [0.25, 0.3) is 57.7 Å².